The van der Waals surface area contributed by atoms with Gasteiger partial charge in [-0.2, -0.15) is 0 Å². The van der Waals surface area contributed by atoms with E-state index in [0.717, 1.165) is 29.5 Å². The maximum atomic E-state index is 13.7. The molecule has 0 saturated carbocycles. The van der Waals surface area contributed by atoms with Crippen molar-refractivity contribution < 1.29 is 9.59 Å². The lowest BCUT2D eigenvalue weighted by molar-refractivity contribution is -0.141. The van der Waals surface area contributed by atoms with Crippen LogP contribution in [0.15, 0.2) is 78.9 Å². The Hall–Kier alpha value is -3.40. The van der Waals surface area contributed by atoms with Crippen LogP contribution in [0.25, 0.3) is 0 Å². The van der Waals surface area contributed by atoms with E-state index in [1.165, 1.54) is 11.1 Å². The number of rotatable bonds is 12. The highest BCUT2D eigenvalue weighted by Crippen LogP contribution is 2.18. The molecule has 2 atom stereocenters. The summed E-state index contributed by atoms with van der Waals surface area (Å²) in [4.78, 5) is 29.1. The number of nitrogens with one attached hydrogen (secondary N) is 1. The number of carbonyl (C=O) groups excluding carboxylic acids is 2. The first-order valence-electron chi connectivity index (χ1n) is 13.2. The maximum Gasteiger partial charge on any atom is 0.243 e. The Labute approximate surface area is 216 Å². The van der Waals surface area contributed by atoms with Crippen molar-refractivity contribution in [2.45, 2.75) is 78.4 Å². The molecule has 2 amide bonds. The summed E-state index contributed by atoms with van der Waals surface area (Å²) >= 11 is 0. The monoisotopic (exact) mass is 484 g/mol. The first-order chi connectivity index (χ1) is 17.4. The van der Waals surface area contributed by atoms with Gasteiger partial charge in [0.2, 0.25) is 11.8 Å². The number of aryl methyl sites for hydroxylation is 3. The third-order valence-corrected chi connectivity index (χ3v) is 6.80. The molecule has 190 valence electrons. The molecule has 1 N–H and O–H groups in total. The fourth-order valence-electron chi connectivity index (χ4n) is 4.22. The maximum absolute atomic E-state index is 13.7. The summed E-state index contributed by atoms with van der Waals surface area (Å²) < 4.78 is 0. The summed E-state index contributed by atoms with van der Waals surface area (Å²) in [7, 11) is 0. The van der Waals surface area contributed by atoms with E-state index in [2.05, 4.69) is 55.6 Å². The molecule has 0 bridgehead atoms. The molecule has 36 heavy (non-hydrogen) atoms. The van der Waals surface area contributed by atoms with Crippen molar-refractivity contribution in [2.75, 3.05) is 0 Å². The minimum Gasteiger partial charge on any atom is -0.352 e. The first-order valence-corrected chi connectivity index (χ1v) is 13.2. The Kier molecular flexibility index (Phi) is 10.3. The van der Waals surface area contributed by atoms with E-state index in [9.17, 15) is 9.59 Å². The van der Waals surface area contributed by atoms with Crippen LogP contribution in [0, 0.1) is 6.92 Å². The number of hydrogen-bond donors (Lipinski definition) is 1. The van der Waals surface area contributed by atoms with E-state index in [1.54, 1.807) is 4.90 Å². The van der Waals surface area contributed by atoms with Gasteiger partial charge in [0.05, 0.1) is 0 Å². The molecule has 0 aliphatic rings. The van der Waals surface area contributed by atoms with Crippen LogP contribution in [0.5, 0.6) is 0 Å². The van der Waals surface area contributed by atoms with Gasteiger partial charge in [0.25, 0.3) is 0 Å². The summed E-state index contributed by atoms with van der Waals surface area (Å²) in [5.74, 6) is -0.101. The Morgan fingerprint density at radius 2 is 1.42 bits per heavy atom. The number of hydrogen-bond acceptors (Lipinski definition) is 2. The molecule has 3 aromatic carbocycles. The van der Waals surface area contributed by atoms with Crippen molar-refractivity contribution in [2.24, 2.45) is 0 Å². The van der Waals surface area contributed by atoms with E-state index >= 15 is 0 Å². The highest BCUT2D eigenvalue weighted by atomic mass is 16.2. The molecule has 0 unspecified atom stereocenters. The van der Waals surface area contributed by atoms with Crippen molar-refractivity contribution >= 4 is 11.8 Å². The predicted octanol–water partition coefficient (Wildman–Crippen LogP) is 6.04. The zero-order valence-electron chi connectivity index (χ0n) is 22.2. The van der Waals surface area contributed by atoms with Crippen LogP contribution in [-0.2, 0) is 35.4 Å². The second kappa shape index (κ2) is 13.6. The van der Waals surface area contributed by atoms with Crippen molar-refractivity contribution in [3.05, 3.63) is 107 Å². The molecule has 3 aromatic rings. The zero-order valence-corrected chi connectivity index (χ0v) is 22.2. The summed E-state index contributed by atoms with van der Waals surface area (Å²) in [5, 5.41) is 3.13. The standard InChI is InChI=1S/C32H40N2O2/c1-5-25(4)33-32(36)30(22-28-10-8-7-9-11-28)34(23-29-14-12-24(3)13-15-29)31(35)21-20-27-18-16-26(6-2)17-19-27/h7-19,25,30H,5-6,20-23H2,1-4H3,(H,33,36)/t25-,30-/m1/s1. The molecule has 3 rings (SSSR count). The SMILES string of the molecule is CCc1ccc(CCC(=O)N(Cc2ccc(C)cc2)[C@H](Cc2ccccc2)C(=O)N[C@H](C)CC)cc1. The molecule has 0 radical (unpaired) electrons. The largest absolute Gasteiger partial charge is 0.352 e. The molecule has 0 aliphatic carbocycles. The topological polar surface area (TPSA) is 49.4 Å². The van der Waals surface area contributed by atoms with E-state index in [-0.39, 0.29) is 17.9 Å². The lowest BCUT2D eigenvalue weighted by Gasteiger charge is -2.32. The molecule has 4 nitrogen and oxygen atoms in total. The van der Waals surface area contributed by atoms with Gasteiger partial charge >= 0.3 is 0 Å². The second-order valence-corrected chi connectivity index (χ2v) is 9.70. The second-order valence-electron chi connectivity index (χ2n) is 9.70. The minimum atomic E-state index is -0.585. The van der Waals surface area contributed by atoms with Crippen LogP contribution in [0.4, 0.5) is 0 Å². The number of nitrogens with zero attached hydrogens (tertiary/aromatic N) is 1. The van der Waals surface area contributed by atoms with Gasteiger partial charge in [0, 0.05) is 25.4 Å². The normalized spacial score (nSPS) is 12.6. The molecule has 0 aliphatic heterocycles. The summed E-state index contributed by atoms with van der Waals surface area (Å²) in [6.07, 6.45) is 3.32. The lowest BCUT2D eigenvalue weighted by Crippen LogP contribution is -2.52. The number of amides is 2. The van der Waals surface area contributed by atoms with Gasteiger partial charge in [-0.1, -0.05) is 98.3 Å². The molecule has 0 fully saturated rings. The van der Waals surface area contributed by atoms with Crippen LogP contribution in [0.3, 0.4) is 0 Å². The average Bonchev–Trinajstić information content (AvgIpc) is 2.91. The lowest BCUT2D eigenvalue weighted by atomic mass is 10.0. The van der Waals surface area contributed by atoms with Gasteiger partial charge in [-0.05, 0) is 55.4 Å². The first kappa shape index (κ1) is 27.2. The van der Waals surface area contributed by atoms with Gasteiger partial charge in [-0.15, -0.1) is 0 Å². The summed E-state index contributed by atoms with van der Waals surface area (Å²) in [6, 6.07) is 26.1. The Balaban J connectivity index is 1.88. The fraction of sp³-hybridized carbons (Fsp3) is 0.375. The summed E-state index contributed by atoms with van der Waals surface area (Å²) in [5.41, 5.74) is 5.66. The van der Waals surface area contributed by atoms with Crippen molar-refractivity contribution in [1.82, 2.24) is 10.2 Å². The number of carbonyl (C=O) groups is 2. The average molecular weight is 485 g/mol. The molecule has 0 saturated heterocycles. The smallest absolute Gasteiger partial charge is 0.243 e. The van der Waals surface area contributed by atoms with Crippen LogP contribution in [0.2, 0.25) is 0 Å². The quantitative estimate of drug-likeness (QED) is 0.340. The number of benzene rings is 3. The molecule has 0 heterocycles. The van der Waals surface area contributed by atoms with E-state index in [4.69, 9.17) is 0 Å². The fourth-order valence-corrected chi connectivity index (χ4v) is 4.22. The van der Waals surface area contributed by atoms with Gasteiger partial charge in [0.1, 0.15) is 6.04 Å². The van der Waals surface area contributed by atoms with Gasteiger partial charge in [-0.25, -0.2) is 0 Å². The van der Waals surface area contributed by atoms with E-state index < -0.39 is 6.04 Å². The van der Waals surface area contributed by atoms with Gasteiger partial charge in [0.15, 0.2) is 0 Å². The van der Waals surface area contributed by atoms with E-state index in [0.29, 0.717) is 25.8 Å². The molecule has 0 spiro atoms. The molecule has 0 aromatic heterocycles. The zero-order chi connectivity index (χ0) is 25.9. The molecular formula is C32H40N2O2. The molecular weight excluding hydrogens is 444 g/mol. The Bertz CT molecular complexity index is 1090. The van der Waals surface area contributed by atoms with E-state index in [1.807, 2.05) is 56.3 Å². The molecule has 4 heteroatoms. The minimum absolute atomic E-state index is 0.00428. The third kappa shape index (κ3) is 8.08. The third-order valence-electron chi connectivity index (χ3n) is 6.80. The van der Waals surface area contributed by atoms with Gasteiger partial charge in [-0.3, -0.25) is 9.59 Å². The van der Waals surface area contributed by atoms with Crippen molar-refractivity contribution in [3.8, 4) is 0 Å². The Morgan fingerprint density at radius 1 is 0.806 bits per heavy atom. The highest BCUT2D eigenvalue weighted by molar-refractivity contribution is 5.88. The predicted molar refractivity (Wildman–Crippen MR) is 148 cm³/mol. The van der Waals surface area contributed by atoms with Crippen LogP contribution in [-0.4, -0.2) is 28.8 Å². The highest BCUT2D eigenvalue weighted by Gasteiger charge is 2.30. The summed E-state index contributed by atoms with van der Waals surface area (Å²) in [6.45, 7) is 8.65. The van der Waals surface area contributed by atoms with Crippen LogP contribution >= 0.6 is 0 Å². The van der Waals surface area contributed by atoms with Crippen LogP contribution in [0.1, 0.15) is 61.4 Å². The van der Waals surface area contributed by atoms with Crippen molar-refractivity contribution in [3.63, 3.8) is 0 Å². The van der Waals surface area contributed by atoms with Gasteiger partial charge < -0.3 is 10.2 Å². The van der Waals surface area contributed by atoms with Crippen molar-refractivity contribution in [1.29, 1.82) is 0 Å². The van der Waals surface area contributed by atoms with Crippen LogP contribution < -0.4 is 5.32 Å². The Morgan fingerprint density at radius 3 is 2.03 bits per heavy atom.